The van der Waals surface area contributed by atoms with E-state index in [-0.39, 0.29) is 29.3 Å². The van der Waals surface area contributed by atoms with Crippen molar-refractivity contribution in [1.82, 2.24) is 9.80 Å². The molecule has 4 fully saturated rings. The first-order valence-electron chi connectivity index (χ1n) is 13.4. The molecule has 0 aromatic carbocycles. The van der Waals surface area contributed by atoms with Crippen LogP contribution in [0.15, 0.2) is 0 Å². The van der Waals surface area contributed by atoms with Crippen LogP contribution in [0, 0.1) is 34.5 Å². The van der Waals surface area contributed by atoms with Gasteiger partial charge in [0.05, 0.1) is 36.6 Å². The summed E-state index contributed by atoms with van der Waals surface area (Å²) in [5.41, 5.74) is -0.710. The second-order valence-electron chi connectivity index (χ2n) is 12.1. The maximum absolute atomic E-state index is 12.4. The van der Waals surface area contributed by atoms with Crippen LogP contribution in [0.4, 0.5) is 4.79 Å². The molecular weight excluding hydrogens is 444 g/mol. The fraction of sp³-hybridized carbons (Fsp3) is 0.889. The first kappa shape index (κ1) is 26.2. The van der Waals surface area contributed by atoms with E-state index in [1.54, 1.807) is 4.90 Å². The van der Waals surface area contributed by atoms with Gasteiger partial charge in [-0.15, -0.1) is 0 Å². The van der Waals surface area contributed by atoms with Gasteiger partial charge in [0.2, 0.25) is 0 Å². The smallest absolute Gasteiger partial charge is 0.410 e. The van der Waals surface area contributed by atoms with Gasteiger partial charge in [-0.25, -0.2) is 4.79 Å². The molecule has 0 saturated carbocycles. The van der Waals surface area contributed by atoms with Gasteiger partial charge < -0.3 is 19.1 Å². The van der Waals surface area contributed by atoms with E-state index in [1.807, 2.05) is 20.8 Å². The summed E-state index contributed by atoms with van der Waals surface area (Å²) in [5, 5.41) is 19.0. The molecule has 4 saturated heterocycles. The number of piperidine rings is 2. The Morgan fingerprint density at radius 1 is 0.971 bits per heavy atom. The summed E-state index contributed by atoms with van der Waals surface area (Å²) in [6.45, 7) is 10.1. The fourth-order valence-electron chi connectivity index (χ4n) is 6.25. The maximum atomic E-state index is 12.4. The topological polar surface area (TPSA) is 98.8 Å². The van der Waals surface area contributed by atoms with E-state index in [0.717, 1.165) is 64.5 Å². The normalized spacial score (nSPS) is 29.8. The lowest BCUT2D eigenvalue weighted by Crippen LogP contribution is -2.55. The Balaban J connectivity index is 1.23. The molecular formula is C27H42N4O4. The van der Waals surface area contributed by atoms with Crippen LogP contribution in [0.3, 0.4) is 0 Å². The standard InChI is InChI=1S/C27H42N4O4/c1-25(2,3)35-24(32)31-16-11-27(12-17-31)8-5-22(20-34-27)23(18-29)30-14-9-26(10-15-30)7-4-21(6-13-28)19-33-26/h21-23H,4-12,14-17,19-20H2,1-3H3. The predicted octanol–water partition coefficient (Wildman–Crippen LogP) is 4.25. The molecule has 0 aromatic heterocycles. The monoisotopic (exact) mass is 486 g/mol. The number of hydrogen-bond donors (Lipinski definition) is 0. The second-order valence-corrected chi connectivity index (χ2v) is 12.1. The first-order chi connectivity index (χ1) is 16.7. The van der Waals surface area contributed by atoms with Crippen molar-refractivity contribution < 1.29 is 19.0 Å². The van der Waals surface area contributed by atoms with Gasteiger partial charge in [0.25, 0.3) is 0 Å². The predicted molar refractivity (Wildman–Crippen MR) is 130 cm³/mol. The zero-order chi connectivity index (χ0) is 25.1. The number of ether oxygens (including phenoxy) is 3. The molecule has 4 heterocycles. The Labute approximate surface area is 210 Å². The number of rotatable bonds is 3. The third kappa shape index (κ3) is 6.28. The summed E-state index contributed by atoms with van der Waals surface area (Å²) in [4.78, 5) is 16.5. The lowest BCUT2D eigenvalue weighted by Gasteiger charge is -2.49. The van der Waals surface area contributed by atoms with Crippen molar-refractivity contribution in [3.8, 4) is 12.1 Å². The largest absolute Gasteiger partial charge is 0.444 e. The van der Waals surface area contributed by atoms with Crippen LogP contribution in [-0.4, -0.2) is 78.1 Å². The van der Waals surface area contributed by atoms with Gasteiger partial charge >= 0.3 is 6.09 Å². The molecule has 8 heteroatoms. The van der Waals surface area contributed by atoms with Gasteiger partial charge in [-0.05, 0) is 78.1 Å². The Hall–Kier alpha value is -1.87. The van der Waals surface area contributed by atoms with Crippen LogP contribution in [0.25, 0.3) is 0 Å². The van der Waals surface area contributed by atoms with E-state index < -0.39 is 5.60 Å². The molecule has 8 nitrogen and oxygen atoms in total. The SMILES string of the molecule is CC(C)(C)OC(=O)N1CCC2(CCC(C(C#N)N3CCC4(CCC(CC#N)CO4)CC3)CO2)CC1. The zero-order valence-electron chi connectivity index (χ0n) is 21.8. The second kappa shape index (κ2) is 10.6. The molecule has 0 bridgehead atoms. The van der Waals surface area contributed by atoms with Crippen molar-refractivity contribution in [2.75, 3.05) is 39.4 Å². The molecule has 0 radical (unpaired) electrons. The van der Waals surface area contributed by atoms with E-state index in [4.69, 9.17) is 19.5 Å². The van der Waals surface area contributed by atoms with E-state index in [2.05, 4.69) is 17.0 Å². The third-order valence-corrected chi connectivity index (χ3v) is 8.60. The van der Waals surface area contributed by atoms with Crippen LogP contribution in [0.5, 0.6) is 0 Å². The molecule has 3 unspecified atom stereocenters. The molecule has 0 aliphatic carbocycles. The van der Waals surface area contributed by atoms with E-state index in [9.17, 15) is 10.1 Å². The number of carbonyl (C=O) groups excluding carboxylic acids is 1. The van der Waals surface area contributed by atoms with Crippen LogP contribution < -0.4 is 0 Å². The Morgan fingerprint density at radius 2 is 1.57 bits per heavy atom. The summed E-state index contributed by atoms with van der Waals surface area (Å²) in [7, 11) is 0. The number of amides is 1. The molecule has 4 rings (SSSR count). The van der Waals surface area contributed by atoms with Gasteiger partial charge in [0, 0.05) is 38.5 Å². The summed E-state index contributed by atoms with van der Waals surface area (Å²) in [6.07, 6.45) is 7.94. The average Bonchev–Trinajstić information content (AvgIpc) is 2.83. The van der Waals surface area contributed by atoms with Crippen molar-refractivity contribution >= 4 is 6.09 Å². The minimum absolute atomic E-state index is 0.0578. The third-order valence-electron chi connectivity index (χ3n) is 8.60. The maximum Gasteiger partial charge on any atom is 0.410 e. The summed E-state index contributed by atoms with van der Waals surface area (Å²) >= 11 is 0. The Kier molecular flexibility index (Phi) is 7.95. The van der Waals surface area contributed by atoms with Gasteiger partial charge in [-0.1, -0.05) is 0 Å². The fourth-order valence-corrected chi connectivity index (χ4v) is 6.25. The number of nitriles is 2. The molecule has 4 aliphatic heterocycles. The summed E-state index contributed by atoms with van der Waals surface area (Å²) in [6, 6.07) is 4.74. The lowest BCUT2D eigenvalue weighted by molar-refractivity contribution is -0.147. The van der Waals surface area contributed by atoms with Crippen molar-refractivity contribution in [2.24, 2.45) is 11.8 Å². The minimum Gasteiger partial charge on any atom is -0.444 e. The Bertz CT molecular complexity index is 806. The molecule has 2 spiro atoms. The molecule has 0 N–H and O–H groups in total. The average molecular weight is 487 g/mol. The number of carbonyl (C=O) groups is 1. The van der Waals surface area contributed by atoms with Crippen molar-refractivity contribution in [2.45, 2.75) is 101 Å². The first-order valence-corrected chi connectivity index (χ1v) is 13.4. The lowest BCUT2D eigenvalue weighted by atomic mass is 9.78. The highest BCUT2D eigenvalue weighted by molar-refractivity contribution is 5.68. The van der Waals surface area contributed by atoms with Crippen LogP contribution in [0.2, 0.25) is 0 Å². The Morgan fingerprint density at radius 3 is 2.06 bits per heavy atom. The van der Waals surface area contributed by atoms with Crippen molar-refractivity contribution in [3.05, 3.63) is 0 Å². The highest BCUT2D eigenvalue weighted by Crippen LogP contribution is 2.41. The van der Waals surface area contributed by atoms with Crippen molar-refractivity contribution in [3.63, 3.8) is 0 Å². The quantitative estimate of drug-likeness (QED) is 0.588. The van der Waals surface area contributed by atoms with Gasteiger partial charge in [-0.3, -0.25) is 4.90 Å². The van der Waals surface area contributed by atoms with Gasteiger partial charge in [-0.2, -0.15) is 10.5 Å². The molecule has 0 aromatic rings. The molecule has 3 atom stereocenters. The van der Waals surface area contributed by atoms with Gasteiger partial charge in [0.15, 0.2) is 0 Å². The van der Waals surface area contributed by atoms with Crippen LogP contribution in [-0.2, 0) is 14.2 Å². The van der Waals surface area contributed by atoms with E-state index in [1.165, 1.54) is 0 Å². The van der Waals surface area contributed by atoms with Crippen molar-refractivity contribution in [1.29, 1.82) is 10.5 Å². The number of nitrogens with zero attached hydrogens (tertiary/aromatic N) is 4. The molecule has 194 valence electrons. The van der Waals surface area contributed by atoms with Gasteiger partial charge in [0.1, 0.15) is 11.6 Å². The molecule has 4 aliphatic rings. The minimum atomic E-state index is -0.482. The number of likely N-dealkylation sites (tertiary alicyclic amines) is 2. The summed E-state index contributed by atoms with van der Waals surface area (Å²) < 4.78 is 18.3. The van der Waals surface area contributed by atoms with Crippen LogP contribution in [0.1, 0.15) is 78.6 Å². The molecule has 35 heavy (non-hydrogen) atoms. The van der Waals surface area contributed by atoms with E-state index in [0.29, 0.717) is 38.6 Å². The summed E-state index contributed by atoms with van der Waals surface area (Å²) in [5.74, 6) is 0.592. The van der Waals surface area contributed by atoms with Crippen LogP contribution >= 0.6 is 0 Å². The number of hydrogen-bond acceptors (Lipinski definition) is 7. The highest BCUT2D eigenvalue weighted by atomic mass is 16.6. The highest BCUT2D eigenvalue weighted by Gasteiger charge is 2.45. The molecule has 1 amide bonds. The zero-order valence-corrected chi connectivity index (χ0v) is 21.8. The van der Waals surface area contributed by atoms with E-state index >= 15 is 0 Å².